The van der Waals surface area contributed by atoms with Crippen LogP contribution in [0.1, 0.15) is 27.2 Å². The largest absolute Gasteiger partial charge is 0.444 e. The molecule has 0 aliphatic heterocycles. The summed E-state index contributed by atoms with van der Waals surface area (Å²) in [6.45, 7) is 10.5. The van der Waals surface area contributed by atoms with Gasteiger partial charge < -0.3 is 14.5 Å². The van der Waals surface area contributed by atoms with Crippen molar-refractivity contribution in [2.75, 3.05) is 13.7 Å². The third kappa shape index (κ3) is 8.73. The fourth-order valence-electron chi connectivity index (χ4n) is 1.12. The highest BCUT2D eigenvalue weighted by atomic mass is 28.4. The Bertz CT molecular complexity index is 224. The average molecular weight is 247 g/mol. The molecule has 0 radical (unpaired) electrons. The lowest BCUT2D eigenvalue weighted by molar-refractivity contribution is 0.0527. The van der Waals surface area contributed by atoms with Gasteiger partial charge in [-0.25, -0.2) is 4.79 Å². The highest BCUT2D eigenvalue weighted by Gasteiger charge is 2.20. The molecule has 1 amide bonds. The summed E-state index contributed by atoms with van der Waals surface area (Å²) in [5, 5.41) is 2.74. The molecule has 0 aromatic carbocycles. The van der Waals surface area contributed by atoms with Crippen molar-refractivity contribution in [2.45, 2.75) is 51.9 Å². The number of carbonyl (C=O) groups excluding carboxylic acids is 1. The minimum absolute atomic E-state index is 0.343. The molecule has 0 aliphatic rings. The zero-order valence-corrected chi connectivity index (χ0v) is 12.3. The van der Waals surface area contributed by atoms with Crippen LogP contribution in [0.15, 0.2) is 0 Å². The third-order valence-corrected chi connectivity index (χ3v) is 4.84. The van der Waals surface area contributed by atoms with Gasteiger partial charge >= 0.3 is 6.09 Å². The van der Waals surface area contributed by atoms with Gasteiger partial charge in [-0.05, 0) is 46.3 Å². The van der Waals surface area contributed by atoms with Crippen molar-refractivity contribution in [3.8, 4) is 0 Å². The molecule has 5 heteroatoms. The van der Waals surface area contributed by atoms with E-state index in [0.717, 1.165) is 12.5 Å². The molecule has 0 heterocycles. The van der Waals surface area contributed by atoms with E-state index in [1.54, 1.807) is 7.11 Å². The molecule has 0 bridgehead atoms. The van der Waals surface area contributed by atoms with Crippen molar-refractivity contribution in [1.82, 2.24) is 5.32 Å². The first-order chi connectivity index (χ1) is 7.16. The standard InChI is InChI=1S/C11H25NO3Si/c1-11(2,3)15-10(13)12-8-7-9-16(5,6)14-4/h7-9H2,1-6H3,(H,12,13). The molecular weight excluding hydrogens is 222 g/mol. The van der Waals surface area contributed by atoms with E-state index in [1.165, 1.54) is 0 Å². The van der Waals surface area contributed by atoms with Gasteiger partial charge in [0.05, 0.1) is 0 Å². The van der Waals surface area contributed by atoms with Gasteiger partial charge in [0.25, 0.3) is 0 Å². The summed E-state index contributed by atoms with van der Waals surface area (Å²) in [5.41, 5.74) is -0.426. The average Bonchev–Trinajstić information content (AvgIpc) is 2.10. The molecule has 0 saturated carbocycles. The van der Waals surface area contributed by atoms with Gasteiger partial charge in [0, 0.05) is 13.7 Å². The molecule has 16 heavy (non-hydrogen) atoms. The Morgan fingerprint density at radius 2 is 1.88 bits per heavy atom. The molecule has 0 aromatic heterocycles. The van der Waals surface area contributed by atoms with Gasteiger partial charge in [-0.3, -0.25) is 0 Å². The van der Waals surface area contributed by atoms with Crippen molar-refractivity contribution in [3.05, 3.63) is 0 Å². The first-order valence-corrected chi connectivity index (χ1v) is 8.80. The Morgan fingerprint density at radius 3 is 2.31 bits per heavy atom. The topological polar surface area (TPSA) is 47.6 Å². The van der Waals surface area contributed by atoms with Crippen LogP contribution in [0.4, 0.5) is 4.79 Å². The maximum atomic E-state index is 11.3. The van der Waals surface area contributed by atoms with Gasteiger partial charge in [-0.1, -0.05) is 0 Å². The Balaban J connectivity index is 3.64. The Hall–Kier alpha value is -0.553. The quantitative estimate of drug-likeness (QED) is 0.600. The lowest BCUT2D eigenvalue weighted by Crippen LogP contribution is -2.34. The predicted octanol–water partition coefficient (Wildman–Crippen LogP) is 2.75. The van der Waals surface area contributed by atoms with Crippen LogP contribution < -0.4 is 5.32 Å². The second kappa shape index (κ2) is 6.25. The molecule has 0 atom stereocenters. The molecule has 96 valence electrons. The normalized spacial score (nSPS) is 12.4. The van der Waals surface area contributed by atoms with Crippen molar-refractivity contribution in [2.24, 2.45) is 0 Å². The van der Waals surface area contributed by atoms with E-state index < -0.39 is 13.9 Å². The Morgan fingerprint density at radius 1 is 1.31 bits per heavy atom. The Labute approximate surface area is 99.8 Å². The third-order valence-electron chi connectivity index (χ3n) is 2.18. The lowest BCUT2D eigenvalue weighted by Gasteiger charge is -2.21. The van der Waals surface area contributed by atoms with Gasteiger partial charge in [0.2, 0.25) is 0 Å². The van der Waals surface area contributed by atoms with Crippen molar-refractivity contribution >= 4 is 14.4 Å². The van der Waals surface area contributed by atoms with Crippen molar-refractivity contribution < 1.29 is 14.0 Å². The Kier molecular flexibility index (Phi) is 6.03. The number of carbonyl (C=O) groups is 1. The van der Waals surface area contributed by atoms with E-state index in [2.05, 4.69) is 18.4 Å². The summed E-state index contributed by atoms with van der Waals surface area (Å²) in [6.07, 6.45) is 0.594. The molecule has 0 saturated heterocycles. The van der Waals surface area contributed by atoms with Gasteiger partial charge in [0.15, 0.2) is 8.32 Å². The van der Waals surface area contributed by atoms with Crippen molar-refractivity contribution in [3.63, 3.8) is 0 Å². The molecule has 0 aromatic rings. The summed E-state index contributed by atoms with van der Waals surface area (Å²) in [5.74, 6) is 0. The van der Waals surface area contributed by atoms with E-state index >= 15 is 0 Å². The van der Waals surface area contributed by atoms with Crippen molar-refractivity contribution in [1.29, 1.82) is 0 Å². The summed E-state index contributed by atoms with van der Waals surface area (Å²) >= 11 is 0. The van der Waals surface area contributed by atoms with Gasteiger partial charge in [-0.2, -0.15) is 0 Å². The highest BCUT2D eigenvalue weighted by Crippen LogP contribution is 2.11. The highest BCUT2D eigenvalue weighted by molar-refractivity contribution is 6.71. The van der Waals surface area contributed by atoms with Crippen LogP contribution in [0.5, 0.6) is 0 Å². The molecule has 0 rings (SSSR count). The molecule has 0 unspecified atom stereocenters. The van der Waals surface area contributed by atoms with Gasteiger partial charge in [-0.15, -0.1) is 0 Å². The van der Waals surface area contributed by atoms with Crippen LogP contribution in [-0.2, 0) is 9.16 Å². The van der Waals surface area contributed by atoms with Gasteiger partial charge in [0.1, 0.15) is 5.60 Å². The molecule has 0 fully saturated rings. The maximum Gasteiger partial charge on any atom is 0.407 e. The van der Waals surface area contributed by atoms with Crippen LogP contribution in [0.2, 0.25) is 19.1 Å². The summed E-state index contributed by atoms with van der Waals surface area (Å²) in [6, 6.07) is 1.04. The van der Waals surface area contributed by atoms with Crippen LogP contribution in [0.3, 0.4) is 0 Å². The molecule has 1 N–H and O–H groups in total. The van der Waals surface area contributed by atoms with E-state index in [9.17, 15) is 4.79 Å². The van der Waals surface area contributed by atoms with E-state index in [-0.39, 0.29) is 6.09 Å². The number of hydrogen-bond acceptors (Lipinski definition) is 3. The van der Waals surface area contributed by atoms with E-state index in [0.29, 0.717) is 6.54 Å². The molecule has 0 spiro atoms. The number of ether oxygens (including phenoxy) is 1. The number of hydrogen-bond donors (Lipinski definition) is 1. The van der Waals surface area contributed by atoms with Crippen LogP contribution >= 0.6 is 0 Å². The number of nitrogens with one attached hydrogen (secondary N) is 1. The first-order valence-electron chi connectivity index (χ1n) is 5.68. The maximum absolute atomic E-state index is 11.3. The van der Waals surface area contributed by atoms with E-state index in [1.807, 2.05) is 20.8 Å². The number of amides is 1. The zero-order chi connectivity index (χ0) is 12.8. The second-order valence-corrected chi connectivity index (χ2v) is 9.92. The van der Waals surface area contributed by atoms with Crippen LogP contribution in [-0.4, -0.2) is 33.7 Å². The predicted molar refractivity (Wildman–Crippen MR) is 68.2 cm³/mol. The summed E-state index contributed by atoms with van der Waals surface area (Å²) < 4.78 is 10.5. The second-order valence-electron chi connectivity index (χ2n) is 5.50. The number of rotatable bonds is 5. The zero-order valence-electron chi connectivity index (χ0n) is 11.3. The summed E-state index contributed by atoms with van der Waals surface area (Å²) in [4.78, 5) is 11.3. The SMILES string of the molecule is CO[Si](C)(C)CCCNC(=O)OC(C)(C)C. The minimum atomic E-state index is -1.49. The molecule has 4 nitrogen and oxygen atoms in total. The van der Waals surface area contributed by atoms with E-state index in [4.69, 9.17) is 9.16 Å². The lowest BCUT2D eigenvalue weighted by atomic mass is 10.2. The van der Waals surface area contributed by atoms with Crippen LogP contribution in [0.25, 0.3) is 0 Å². The fourth-order valence-corrected chi connectivity index (χ4v) is 2.35. The first kappa shape index (κ1) is 15.4. The number of alkyl carbamates (subject to hydrolysis) is 1. The minimum Gasteiger partial charge on any atom is -0.444 e. The smallest absolute Gasteiger partial charge is 0.407 e. The molecule has 0 aliphatic carbocycles. The molecular formula is C11H25NO3Si. The fraction of sp³-hybridized carbons (Fsp3) is 0.909. The summed E-state index contributed by atoms with van der Waals surface area (Å²) in [7, 11) is 0.269. The monoisotopic (exact) mass is 247 g/mol. The van der Waals surface area contributed by atoms with Crippen LogP contribution in [0, 0.1) is 0 Å².